The summed E-state index contributed by atoms with van der Waals surface area (Å²) < 4.78 is 28.7. The number of aromatic nitrogens is 3. The number of rotatable bonds is 5. The quantitative estimate of drug-likeness (QED) is 0.463. The van der Waals surface area contributed by atoms with Gasteiger partial charge in [-0.1, -0.05) is 34.8 Å². The number of hydrogen-bond acceptors (Lipinski definition) is 8. The van der Waals surface area contributed by atoms with Gasteiger partial charge in [-0.2, -0.15) is 0 Å². The van der Waals surface area contributed by atoms with Gasteiger partial charge in [0.1, 0.15) is 15.4 Å². The first-order valence-corrected chi connectivity index (χ1v) is 12.0. The van der Waals surface area contributed by atoms with Crippen molar-refractivity contribution in [3.8, 4) is 10.6 Å². The summed E-state index contributed by atoms with van der Waals surface area (Å²) in [5.41, 5.74) is 3.16. The molecule has 1 amide bonds. The molecule has 4 aromatic rings. The minimum Gasteiger partial charge on any atom is -0.302 e. The fourth-order valence-electron chi connectivity index (χ4n) is 2.89. The van der Waals surface area contributed by atoms with Crippen LogP contribution in [0.4, 0.5) is 10.8 Å². The molecule has 2 N–H and O–H groups in total. The first-order valence-electron chi connectivity index (χ1n) is 8.84. The Hall–Kier alpha value is -2.89. The third-order valence-corrected chi connectivity index (χ3v) is 8.32. The van der Waals surface area contributed by atoms with Gasteiger partial charge in [-0.05, 0) is 37.6 Å². The van der Waals surface area contributed by atoms with Crippen molar-refractivity contribution in [3.63, 3.8) is 0 Å². The van der Waals surface area contributed by atoms with Gasteiger partial charge in [0, 0.05) is 18.7 Å². The van der Waals surface area contributed by atoms with Gasteiger partial charge in [0.15, 0.2) is 9.34 Å². The Balaban J connectivity index is 1.69. The molecule has 154 valence electrons. The van der Waals surface area contributed by atoms with Crippen LogP contribution in [-0.4, -0.2) is 29.3 Å². The fourth-order valence-corrected chi connectivity index (χ4v) is 6.46. The highest BCUT2D eigenvalue weighted by Gasteiger charge is 2.24. The number of fused-ring (bicyclic) bond motifs is 1. The molecule has 0 aliphatic carbocycles. The molecule has 3 aromatic heterocycles. The smallest absolute Gasteiger partial charge is 0.273 e. The maximum Gasteiger partial charge on any atom is 0.273 e. The molecule has 0 aliphatic rings. The molecule has 0 radical (unpaired) electrons. The first-order chi connectivity index (χ1) is 14.2. The number of aryl methyl sites for hydroxylation is 1. The second-order valence-electron chi connectivity index (χ2n) is 6.50. The van der Waals surface area contributed by atoms with E-state index in [4.69, 9.17) is 0 Å². The summed E-state index contributed by atoms with van der Waals surface area (Å²) in [5.74, 6) is -0.311. The van der Waals surface area contributed by atoms with Crippen LogP contribution >= 0.6 is 22.7 Å². The lowest BCUT2D eigenvalue weighted by atomic mass is 10.1. The molecule has 0 saturated carbocycles. The maximum absolute atomic E-state index is 13.0. The van der Waals surface area contributed by atoms with Gasteiger partial charge < -0.3 is 5.32 Å². The van der Waals surface area contributed by atoms with E-state index >= 15 is 0 Å². The number of sulfonamides is 1. The molecule has 0 aliphatic heterocycles. The number of carbonyl (C=O) groups is 1. The van der Waals surface area contributed by atoms with Crippen molar-refractivity contribution in [2.24, 2.45) is 0 Å². The fraction of sp³-hybridized carbons (Fsp3) is 0.158. The summed E-state index contributed by atoms with van der Waals surface area (Å²) in [6.07, 6.45) is 1.72. The predicted molar refractivity (Wildman–Crippen MR) is 120 cm³/mol. The predicted octanol–water partition coefficient (Wildman–Crippen LogP) is 4.19. The summed E-state index contributed by atoms with van der Waals surface area (Å²) in [6, 6.07) is 9.10. The van der Waals surface area contributed by atoms with E-state index in [2.05, 4.69) is 25.0 Å². The molecule has 0 spiro atoms. The summed E-state index contributed by atoms with van der Waals surface area (Å²) in [7, 11) is -3.88. The Bertz CT molecular complexity index is 1340. The average molecular weight is 460 g/mol. The zero-order valence-corrected chi connectivity index (χ0v) is 18.7. The lowest BCUT2D eigenvalue weighted by Crippen LogP contribution is -2.13. The van der Waals surface area contributed by atoms with Crippen molar-refractivity contribution >= 4 is 59.8 Å². The Morgan fingerprint density at radius 2 is 1.87 bits per heavy atom. The number of thiazole rings is 2. The Morgan fingerprint density at radius 3 is 2.60 bits per heavy atom. The van der Waals surface area contributed by atoms with E-state index in [1.165, 1.54) is 18.3 Å². The molecule has 3 heterocycles. The van der Waals surface area contributed by atoms with Crippen LogP contribution in [0.15, 0.2) is 40.7 Å². The topological polar surface area (TPSA) is 114 Å². The molecular formula is C19H17N5O3S3. The number of nitrogens with zero attached hydrogens (tertiary/aromatic N) is 3. The number of amides is 1. The van der Waals surface area contributed by atoms with Crippen molar-refractivity contribution in [1.29, 1.82) is 0 Å². The van der Waals surface area contributed by atoms with Gasteiger partial charge in [0.2, 0.25) is 5.91 Å². The largest absolute Gasteiger partial charge is 0.302 e. The first kappa shape index (κ1) is 20.4. The van der Waals surface area contributed by atoms with Crippen LogP contribution in [0.1, 0.15) is 18.2 Å². The van der Waals surface area contributed by atoms with Gasteiger partial charge >= 0.3 is 0 Å². The molecule has 0 atom stereocenters. The maximum atomic E-state index is 13.0. The number of pyridine rings is 1. The van der Waals surface area contributed by atoms with E-state index in [0.717, 1.165) is 37.8 Å². The van der Waals surface area contributed by atoms with Crippen LogP contribution in [0, 0.1) is 13.8 Å². The average Bonchev–Trinajstić information content (AvgIpc) is 3.26. The highest BCUT2D eigenvalue weighted by Crippen LogP contribution is 2.35. The minimum atomic E-state index is -3.88. The number of carbonyl (C=O) groups excluding carboxylic acids is 1. The van der Waals surface area contributed by atoms with Crippen LogP contribution in [0.5, 0.6) is 0 Å². The van der Waals surface area contributed by atoms with Gasteiger partial charge in [-0.3, -0.25) is 9.52 Å². The molecule has 8 nitrogen and oxygen atoms in total. The third kappa shape index (κ3) is 3.91. The lowest BCUT2D eigenvalue weighted by Gasteiger charge is -2.12. The summed E-state index contributed by atoms with van der Waals surface area (Å²) in [6.45, 7) is 4.78. The van der Waals surface area contributed by atoms with Gasteiger partial charge in [-0.25, -0.2) is 23.4 Å². The highest BCUT2D eigenvalue weighted by molar-refractivity contribution is 7.94. The van der Waals surface area contributed by atoms with Gasteiger partial charge in [0.05, 0.1) is 11.4 Å². The summed E-state index contributed by atoms with van der Waals surface area (Å²) in [5, 5.41) is 3.53. The SMILES string of the molecule is CC(=O)Nc1nc(C)c(S(=O)(=O)Nc2cccc(-c3nc4cccnc4s3)c2C)s1. The zero-order valence-electron chi connectivity index (χ0n) is 16.3. The van der Waals surface area contributed by atoms with Crippen LogP contribution in [0.25, 0.3) is 20.9 Å². The second kappa shape index (κ2) is 7.74. The van der Waals surface area contributed by atoms with Crippen LogP contribution in [-0.2, 0) is 14.8 Å². The van der Waals surface area contributed by atoms with E-state index in [1.807, 2.05) is 25.1 Å². The normalized spacial score (nSPS) is 11.6. The molecule has 4 rings (SSSR count). The Kier molecular flexibility index (Phi) is 5.26. The molecule has 0 unspecified atom stereocenters. The van der Waals surface area contributed by atoms with Crippen molar-refractivity contribution in [2.45, 2.75) is 25.0 Å². The van der Waals surface area contributed by atoms with E-state index in [-0.39, 0.29) is 15.2 Å². The lowest BCUT2D eigenvalue weighted by molar-refractivity contribution is -0.114. The molecule has 0 saturated heterocycles. The Labute approximate surface area is 181 Å². The third-order valence-electron chi connectivity index (χ3n) is 4.26. The Morgan fingerprint density at radius 1 is 1.07 bits per heavy atom. The molecule has 11 heteroatoms. The van der Waals surface area contributed by atoms with E-state index in [1.54, 1.807) is 25.3 Å². The molecular weight excluding hydrogens is 442 g/mol. The molecule has 0 bridgehead atoms. The molecule has 0 fully saturated rings. The van der Waals surface area contributed by atoms with E-state index < -0.39 is 10.0 Å². The van der Waals surface area contributed by atoms with Crippen molar-refractivity contribution in [2.75, 3.05) is 10.0 Å². The van der Waals surface area contributed by atoms with Crippen LogP contribution in [0.2, 0.25) is 0 Å². The van der Waals surface area contributed by atoms with Crippen LogP contribution < -0.4 is 10.0 Å². The van der Waals surface area contributed by atoms with Crippen molar-refractivity contribution in [3.05, 3.63) is 47.8 Å². The summed E-state index contributed by atoms with van der Waals surface area (Å²) in [4.78, 5) is 25.1. The summed E-state index contributed by atoms with van der Waals surface area (Å²) >= 11 is 2.36. The van der Waals surface area contributed by atoms with Gasteiger partial charge in [0.25, 0.3) is 10.0 Å². The highest BCUT2D eigenvalue weighted by atomic mass is 32.2. The number of benzene rings is 1. The van der Waals surface area contributed by atoms with Crippen molar-refractivity contribution in [1.82, 2.24) is 15.0 Å². The second-order valence-corrected chi connectivity index (χ2v) is 10.4. The van der Waals surface area contributed by atoms with E-state index in [9.17, 15) is 13.2 Å². The standard InChI is InChI=1S/C19H17N5O3S3/c1-10-13(16-23-15-8-5-9-20-17(15)28-16)6-4-7-14(10)24-30(26,27)18-11(2)21-19(29-18)22-12(3)25/h4-9,24H,1-3H3,(H,21,22,25). The van der Waals surface area contributed by atoms with Crippen LogP contribution in [0.3, 0.4) is 0 Å². The zero-order chi connectivity index (χ0) is 21.5. The van der Waals surface area contributed by atoms with E-state index in [0.29, 0.717) is 11.4 Å². The number of hydrogen-bond donors (Lipinski definition) is 2. The monoisotopic (exact) mass is 459 g/mol. The van der Waals surface area contributed by atoms with Crippen molar-refractivity contribution < 1.29 is 13.2 Å². The number of anilines is 2. The molecule has 1 aromatic carbocycles. The number of nitrogens with one attached hydrogen (secondary N) is 2. The minimum absolute atomic E-state index is 0.0558. The van der Waals surface area contributed by atoms with Gasteiger partial charge in [-0.15, -0.1) is 0 Å². The molecule has 30 heavy (non-hydrogen) atoms.